The number of oxazole rings is 1. The largest absolute Gasteiger partial charge is 0.440 e. The van der Waals surface area contributed by atoms with Gasteiger partial charge in [-0.3, -0.25) is 4.57 Å². The Morgan fingerprint density at radius 1 is 0.672 bits per heavy atom. The Morgan fingerprint density at radius 3 is 2.08 bits per heavy atom. The summed E-state index contributed by atoms with van der Waals surface area (Å²) in [5, 5.41) is 4.15. The Hall–Kier alpha value is -6.27. The molecule has 10 rings (SSSR count). The first kappa shape index (κ1) is 35.5. The predicted molar refractivity (Wildman–Crippen MR) is 254 cm³/mol. The van der Waals surface area contributed by atoms with E-state index in [0.717, 1.165) is 50.4 Å². The molecule has 0 spiro atoms. The van der Waals surface area contributed by atoms with Crippen LogP contribution in [0.2, 0.25) is 0 Å². The van der Waals surface area contributed by atoms with Crippen LogP contribution in [-0.2, 0) is 11.8 Å². The van der Waals surface area contributed by atoms with Crippen molar-refractivity contribution in [2.24, 2.45) is 5.41 Å². The van der Waals surface area contributed by atoms with Gasteiger partial charge < -0.3 is 8.83 Å². The van der Waals surface area contributed by atoms with E-state index in [9.17, 15) is 0 Å². The molecule has 0 saturated carbocycles. The van der Waals surface area contributed by atoms with Gasteiger partial charge in [0.2, 0.25) is 11.6 Å². The minimum atomic E-state index is -2.44. The number of nitrogens with zero attached hydrogens (tertiary/aromatic N) is 4. The highest BCUT2D eigenvalue weighted by Crippen LogP contribution is 2.45. The highest BCUT2D eigenvalue weighted by Gasteiger charge is 2.28. The van der Waals surface area contributed by atoms with Gasteiger partial charge in [0.15, 0.2) is 5.58 Å². The normalized spacial score (nSPS) is 13.8. The fourth-order valence-electron chi connectivity index (χ4n) is 9.09. The van der Waals surface area contributed by atoms with E-state index >= 15 is 0 Å². The number of hydrogen-bond acceptors (Lipinski definition) is 5. The molecule has 0 bridgehead atoms. The lowest BCUT2D eigenvalue weighted by Gasteiger charge is -2.25. The van der Waals surface area contributed by atoms with Gasteiger partial charge >= 0.3 is 0 Å². The van der Waals surface area contributed by atoms with Crippen molar-refractivity contribution in [3.05, 3.63) is 131 Å². The lowest BCUT2D eigenvalue weighted by atomic mass is 9.87. The van der Waals surface area contributed by atoms with Crippen LogP contribution < -0.4 is 0 Å². The molecular formula is C55H54N4O2. The number of rotatable bonds is 6. The first-order valence-electron chi connectivity index (χ1n) is 23.0. The van der Waals surface area contributed by atoms with Gasteiger partial charge in [-0.1, -0.05) is 124 Å². The average molecular weight is 806 g/mol. The van der Waals surface area contributed by atoms with Crippen LogP contribution in [0.1, 0.15) is 113 Å². The molecule has 4 aromatic heterocycles. The smallest absolute Gasteiger partial charge is 0.228 e. The number of pyridine rings is 1. The van der Waals surface area contributed by atoms with E-state index in [1.165, 1.54) is 16.7 Å². The molecule has 0 radical (unpaired) electrons. The zero-order valence-corrected chi connectivity index (χ0v) is 36.8. The van der Waals surface area contributed by atoms with Crippen molar-refractivity contribution in [1.29, 1.82) is 0 Å². The molecule has 6 nitrogen and oxygen atoms in total. The quantitative estimate of drug-likeness (QED) is 0.167. The van der Waals surface area contributed by atoms with Crippen LogP contribution in [0.4, 0.5) is 0 Å². The third-order valence-corrected chi connectivity index (χ3v) is 12.0. The molecule has 0 unspecified atom stereocenters. The van der Waals surface area contributed by atoms with Gasteiger partial charge in [0.05, 0.1) is 22.3 Å². The van der Waals surface area contributed by atoms with Gasteiger partial charge in [0, 0.05) is 31.1 Å². The topological polar surface area (TPSA) is 69.9 Å². The van der Waals surface area contributed by atoms with Crippen molar-refractivity contribution in [2.45, 2.75) is 99.8 Å². The second kappa shape index (κ2) is 13.9. The second-order valence-corrected chi connectivity index (χ2v) is 19.7. The van der Waals surface area contributed by atoms with Crippen molar-refractivity contribution >= 4 is 65.9 Å². The van der Waals surface area contributed by atoms with E-state index in [0.29, 0.717) is 56.0 Å². The van der Waals surface area contributed by atoms with Gasteiger partial charge in [-0.15, -0.1) is 0 Å². The van der Waals surface area contributed by atoms with Crippen LogP contribution in [0.25, 0.3) is 94.1 Å². The first-order chi connectivity index (χ1) is 30.2. The lowest BCUT2D eigenvalue weighted by molar-refractivity contribution is 0.411. The van der Waals surface area contributed by atoms with Crippen molar-refractivity contribution < 1.29 is 12.9 Å². The molecular weight excluding hydrogens is 749 g/mol. The van der Waals surface area contributed by atoms with Crippen molar-refractivity contribution in [3.63, 3.8) is 0 Å². The van der Waals surface area contributed by atoms with E-state index in [-0.39, 0.29) is 28.2 Å². The van der Waals surface area contributed by atoms with Crippen LogP contribution in [-0.4, -0.2) is 19.5 Å². The number of imidazole rings is 1. The summed E-state index contributed by atoms with van der Waals surface area (Å²) in [6, 6.07) is 35.8. The highest BCUT2D eigenvalue weighted by atomic mass is 16.4. The maximum Gasteiger partial charge on any atom is 0.228 e. The Kier molecular flexibility index (Phi) is 8.08. The second-order valence-electron chi connectivity index (χ2n) is 19.7. The summed E-state index contributed by atoms with van der Waals surface area (Å²) in [5.74, 6) is 1.56. The molecule has 0 fully saturated rings. The van der Waals surface area contributed by atoms with Crippen molar-refractivity contribution in [3.8, 4) is 28.2 Å². The first-order valence-corrected chi connectivity index (χ1v) is 21.5. The van der Waals surface area contributed by atoms with E-state index < -0.39 is 6.85 Å². The van der Waals surface area contributed by atoms with Crippen LogP contribution in [0.5, 0.6) is 0 Å². The minimum absolute atomic E-state index is 0.0838. The molecule has 0 saturated heterocycles. The van der Waals surface area contributed by atoms with Crippen LogP contribution >= 0.6 is 0 Å². The number of hydrogen-bond donors (Lipinski definition) is 0. The van der Waals surface area contributed by atoms with E-state index in [1.807, 2.05) is 24.3 Å². The van der Waals surface area contributed by atoms with Crippen molar-refractivity contribution in [2.75, 3.05) is 0 Å². The summed E-state index contributed by atoms with van der Waals surface area (Å²) in [4.78, 5) is 15.6. The van der Waals surface area contributed by atoms with Crippen molar-refractivity contribution in [1.82, 2.24) is 19.5 Å². The summed E-state index contributed by atoms with van der Waals surface area (Å²) in [5.41, 5.74) is 12.2. The summed E-state index contributed by atoms with van der Waals surface area (Å²) in [6.45, 7) is 19.6. The standard InChI is InChI=1S/C55H54N4O2/c1-30(2)39-27-37(34-15-13-12-14-16-34)28-40(31(3)4)48(39)59-49-41-25-33(29-54(6,7)8)18-19-35(41)20-23-43(49)56-51(59)38-22-17-32(5)45-42-26-36-21-24-44-47(58-53(60-44)55(9,10)11)46(36)57-52(42)61-50(38)45/h12-28,30-31H,29H2,1-11H3/i5D3. The Labute approximate surface area is 361 Å². The zero-order valence-electron chi connectivity index (χ0n) is 39.8. The summed E-state index contributed by atoms with van der Waals surface area (Å²) >= 11 is 0. The van der Waals surface area contributed by atoms with Gasteiger partial charge in [0.1, 0.15) is 22.4 Å². The summed E-state index contributed by atoms with van der Waals surface area (Å²) in [7, 11) is 0. The monoisotopic (exact) mass is 805 g/mol. The number of aryl methyl sites for hydroxylation is 1. The highest BCUT2D eigenvalue weighted by molar-refractivity contribution is 6.15. The molecule has 306 valence electrons. The molecule has 61 heavy (non-hydrogen) atoms. The van der Waals surface area contributed by atoms with E-state index in [4.69, 9.17) is 27.9 Å². The maximum absolute atomic E-state index is 8.78. The Balaban J connectivity index is 1.35. The molecule has 0 aliphatic carbocycles. The molecule has 0 atom stereocenters. The van der Waals surface area contributed by atoms with Crippen LogP contribution in [0.15, 0.2) is 112 Å². The SMILES string of the molecule is [2H]C([2H])([2H])c1ccc(-c2nc3ccc4ccc(CC(C)(C)C)cc4c3n2-c2c(C(C)C)cc(-c3ccccc3)cc2C(C)C)c2oc3nc4c(ccc5oc(C(C)(C)C)nc54)cc3c12. The van der Waals surface area contributed by atoms with Crippen LogP contribution in [0, 0.1) is 12.3 Å². The minimum Gasteiger partial charge on any atom is -0.440 e. The fourth-order valence-corrected chi connectivity index (χ4v) is 9.09. The van der Waals surface area contributed by atoms with Gasteiger partial charge in [0.25, 0.3) is 0 Å². The van der Waals surface area contributed by atoms with E-state index in [1.54, 1.807) is 6.07 Å². The molecule has 10 aromatic rings. The van der Waals surface area contributed by atoms with Gasteiger partial charge in [-0.25, -0.2) is 15.0 Å². The lowest BCUT2D eigenvalue weighted by Crippen LogP contribution is -2.10. The number of benzene rings is 6. The fraction of sp³-hybridized carbons (Fsp3) is 0.291. The Morgan fingerprint density at radius 2 is 1.39 bits per heavy atom. The van der Waals surface area contributed by atoms with Gasteiger partial charge in [-0.2, -0.15) is 0 Å². The molecule has 0 aliphatic heterocycles. The Bertz CT molecular complexity index is 3450. The summed E-state index contributed by atoms with van der Waals surface area (Å²) < 4.78 is 41.8. The summed E-state index contributed by atoms with van der Waals surface area (Å²) in [6.07, 6.45) is 0.913. The van der Waals surface area contributed by atoms with Crippen LogP contribution in [0.3, 0.4) is 0 Å². The number of aromatic nitrogens is 4. The molecule has 0 amide bonds. The molecule has 6 heteroatoms. The molecule has 0 N–H and O–H groups in total. The maximum atomic E-state index is 8.78. The van der Waals surface area contributed by atoms with E-state index in [2.05, 4.69) is 147 Å². The number of fused-ring (bicyclic) bond motifs is 9. The van der Waals surface area contributed by atoms with Gasteiger partial charge in [-0.05, 0) is 118 Å². The number of furan rings is 1. The predicted octanol–water partition coefficient (Wildman–Crippen LogP) is 15.5. The molecule has 6 aromatic carbocycles. The third-order valence-electron chi connectivity index (χ3n) is 12.0. The molecule has 4 heterocycles. The zero-order chi connectivity index (χ0) is 45.2. The average Bonchev–Trinajstić information content (AvgIpc) is 3.95. The third kappa shape index (κ3) is 6.50. The molecule has 0 aliphatic rings.